The van der Waals surface area contributed by atoms with Crippen LogP contribution in [-0.2, 0) is 0 Å². The fraction of sp³-hybridized carbons (Fsp3) is 1.00. The largest absolute Gasteiger partial charge is 0.311 e. The molecule has 1 aliphatic rings. The predicted molar refractivity (Wildman–Crippen MR) is 85.6 cm³/mol. The molecule has 1 fully saturated rings. The van der Waals surface area contributed by atoms with Crippen molar-refractivity contribution in [3.05, 3.63) is 0 Å². The van der Waals surface area contributed by atoms with Crippen LogP contribution in [0.25, 0.3) is 0 Å². The molecular formula is C17H36N2. The number of hydrogen-bond acceptors (Lipinski definition) is 2. The van der Waals surface area contributed by atoms with Crippen LogP contribution in [0.2, 0.25) is 0 Å². The highest BCUT2D eigenvalue weighted by atomic mass is 15.2. The molecule has 114 valence electrons. The molecule has 1 saturated heterocycles. The third-order valence-electron chi connectivity index (χ3n) is 5.10. The summed E-state index contributed by atoms with van der Waals surface area (Å²) in [6, 6.07) is 1.40. The average Bonchev–Trinajstić information content (AvgIpc) is 2.44. The molecule has 1 N–H and O–H groups in total. The zero-order valence-corrected chi connectivity index (χ0v) is 13.9. The molecule has 4 atom stereocenters. The molecular weight excluding hydrogens is 232 g/mol. The minimum absolute atomic E-state index is 0.699. The van der Waals surface area contributed by atoms with E-state index in [1.807, 2.05) is 0 Å². The third kappa shape index (κ3) is 5.43. The lowest BCUT2D eigenvalue weighted by Gasteiger charge is -2.42. The lowest BCUT2D eigenvalue weighted by atomic mass is 9.93. The number of hydrogen-bond donors (Lipinski definition) is 1. The van der Waals surface area contributed by atoms with Crippen LogP contribution >= 0.6 is 0 Å². The van der Waals surface area contributed by atoms with Gasteiger partial charge < -0.3 is 5.32 Å². The van der Waals surface area contributed by atoms with Gasteiger partial charge in [0.05, 0.1) is 0 Å². The standard InChI is InChI=1S/C17H36N2/c1-6-9-10-16(8-3)12-19-13-17(14(4)7-2)18-11-15(19)5/h14-18H,6-13H2,1-5H3. The summed E-state index contributed by atoms with van der Waals surface area (Å²) in [7, 11) is 0. The molecule has 0 radical (unpaired) electrons. The molecule has 0 aromatic heterocycles. The van der Waals surface area contributed by atoms with Gasteiger partial charge in [-0.1, -0.05) is 53.4 Å². The molecule has 0 aromatic carbocycles. The molecule has 0 amide bonds. The fourth-order valence-electron chi connectivity index (χ4n) is 3.12. The summed E-state index contributed by atoms with van der Waals surface area (Å²) in [6.45, 7) is 15.5. The molecule has 0 aromatic rings. The van der Waals surface area contributed by atoms with Crippen LogP contribution < -0.4 is 5.32 Å². The Morgan fingerprint density at radius 2 is 1.95 bits per heavy atom. The minimum atomic E-state index is 0.699. The smallest absolute Gasteiger partial charge is 0.0221 e. The Labute approximate surface area is 121 Å². The van der Waals surface area contributed by atoms with Gasteiger partial charge in [-0.05, 0) is 25.2 Å². The van der Waals surface area contributed by atoms with Gasteiger partial charge >= 0.3 is 0 Å². The van der Waals surface area contributed by atoms with E-state index in [1.54, 1.807) is 0 Å². The highest BCUT2D eigenvalue weighted by molar-refractivity contribution is 4.87. The van der Waals surface area contributed by atoms with E-state index in [-0.39, 0.29) is 0 Å². The Balaban J connectivity index is 2.48. The molecule has 2 heteroatoms. The van der Waals surface area contributed by atoms with Crippen LogP contribution in [0.15, 0.2) is 0 Å². The van der Waals surface area contributed by atoms with E-state index < -0.39 is 0 Å². The van der Waals surface area contributed by atoms with Gasteiger partial charge in [0, 0.05) is 31.7 Å². The highest BCUT2D eigenvalue weighted by Gasteiger charge is 2.28. The van der Waals surface area contributed by atoms with E-state index in [4.69, 9.17) is 0 Å². The first-order valence-corrected chi connectivity index (χ1v) is 8.59. The van der Waals surface area contributed by atoms with Gasteiger partial charge in [0.2, 0.25) is 0 Å². The fourth-order valence-corrected chi connectivity index (χ4v) is 3.12. The monoisotopic (exact) mass is 268 g/mol. The molecule has 1 aliphatic heterocycles. The highest BCUT2D eigenvalue weighted by Crippen LogP contribution is 2.20. The summed E-state index contributed by atoms with van der Waals surface area (Å²) in [5.74, 6) is 1.70. The second kappa shape index (κ2) is 8.97. The van der Waals surface area contributed by atoms with Crippen molar-refractivity contribution in [1.82, 2.24) is 10.2 Å². The van der Waals surface area contributed by atoms with Gasteiger partial charge in [-0.2, -0.15) is 0 Å². The topological polar surface area (TPSA) is 15.3 Å². The van der Waals surface area contributed by atoms with Crippen molar-refractivity contribution in [1.29, 1.82) is 0 Å². The van der Waals surface area contributed by atoms with Gasteiger partial charge in [-0.3, -0.25) is 4.90 Å². The second-order valence-electron chi connectivity index (χ2n) is 6.62. The summed E-state index contributed by atoms with van der Waals surface area (Å²) >= 11 is 0. The summed E-state index contributed by atoms with van der Waals surface area (Å²) in [4.78, 5) is 2.75. The summed E-state index contributed by atoms with van der Waals surface area (Å²) in [5, 5.41) is 3.74. The molecule has 0 saturated carbocycles. The lowest BCUT2D eigenvalue weighted by Crippen LogP contribution is -2.58. The molecule has 0 bridgehead atoms. The van der Waals surface area contributed by atoms with Crippen molar-refractivity contribution < 1.29 is 0 Å². The second-order valence-corrected chi connectivity index (χ2v) is 6.62. The van der Waals surface area contributed by atoms with E-state index >= 15 is 0 Å². The molecule has 0 spiro atoms. The van der Waals surface area contributed by atoms with Crippen LogP contribution in [0.5, 0.6) is 0 Å². The lowest BCUT2D eigenvalue weighted by molar-refractivity contribution is 0.0975. The molecule has 1 heterocycles. The quantitative estimate of drug-likeness (QED) is 0.718. The van der Waals surface area contributed by atoms with Crippen molar-refractivity contribution >= 4 is 0 Å². The van der Waals surface area contributed by atoms with E-state index in [2.05, 4.69) is 44.8 Å². The van der Waals surface area contributed by atoms with Crippen molar-refractivity contribution in [2.75, 3.05) is 19.6 Å². The van der Waals surface area contributed by atoms with Crippen molar-refractivity contribution in [3.8, 4) is 0 Å². The SMILES string of the molecule is CCCCC(CC)CN1CC(C(C)CC)NCC1C. The number of nitrogens with one attached hydrogen (secondary N) is 1. The van der Waals surface area contributed by atoms with Crippen LogP contribution in [0, 0.1) is 11.8 Å². The maximum absolute atomic E-state index is 3.74. The van der Waals surface area contributed by atoms with Crippen LogP contribution in [0.4, 0.5) is 0 Å². The first-order valence-electron chi connectivity index (χ1n) is 8.59. The van der Waals surface area contributed by atoms with E-state index in [1.165, 1.54) is 51.7 Å². The average molecular weight is 268 g/mol. The summed E-state index contributed by atoms with van der Waals surface area (Å²) in [6.07, 6.45) is 6.77. The molecule has 19 heavy (non-hydrogen) atoms. The van der Waals surface area contributed by atoms with E-state index in [9.17, 15) is 0 Å². The molecule has 4 unspecified atom stereocenters. The Hall–Kier alpha value is -0.0800. The Kier molecular flexibility index (Phi) is 8.01. The minimum Gasteiger partial charge on any atom is -0.311 e. The van der Waals surface area contributed by atoms with Gasteiger partial charge in [0.15, 0.2) is 0 Å². The van der Waals surface area contributed by atoms with E-state index in [0.29, 0.717) is 12.1 Å². The predicted octanol–water partition coefficient (Wildman–Crippen LogP) is 3.91. The summed E-state index contributed by atoms with van der Waals surface area (Å²) in [5.41, 5.74) is 0. The first-order chi connectivity index (χ1) is 9.12. The van der Waals surface area contributed by atoms with Gasteiger partial charge in [0.25, 0.3) is 0 Å². The molecule has 0 aliphatic carbocycles. The Morgan fingerprint density at radius 3 is 2.53 bits per heavy atom. The Morgan fingerprint density at radius 1 is 1.21 bits per heavy atom. The number of piperazine rings is 1. The maximum atomic E-state index is 3.74. The normalized spacial score (nSPS) is 28.3. The molecule has 2 nitrogen and oxygen atoms in total. The number of rotatable bonds is 8. The van der Waals surface area contributed by atoms with Crippen molar-refractivity contribution in [2.45, 2.75) is 78.8 Å². The maximum Gasteiger partial charge on any atom is 0.0221 e. The van der Waals surface area contributed by atoms with Crippen molar-refractivity contribution in [2.24, 2.45) is 11.8 Å². The zero-order chi connectivity index (χ0) is 14.3. The van der Waals surface area contributed by atoms with Gasteiger partial charge in [-0.25, -0.2) is 0 Å². The van der Waals surface area contributed by atoms with Crippen LogP contribution in [-0.4, -0.2) is 36.6 Å². The van der Waals surface area contributed by atoms with Gasteiger partial charge in [0.1, 0.15) is 0 Å². The Bertz CT molecular complexity index is 229. The first kappa shape index (κ1) is 17.0. The summed E-state index contributed by atoms with van der Waals surface area (Å²) < 4.78 is 0. The van der Waals surface area contributed by atoms with Crippen molar-refractivity contribution in [3.63, 3.8) is 0 Å². The van der Waals surface area contributed by atoms with Crippen LogP contribution in [0.3, 0.4) is 0 Å². The third-order valence-corrected chi connectivity index (χ3v) is 5.10. The number of unbranched alkanes of at least 4 members (excludes halogenated alkanes) is 1. The van der Waals surface area contributed by atoms with Crippen LogP contribution in [0.1, 0.15) is 66.7 Å². The molecule has 1 rings (SSSR count). The number of nitrogens with zero attached hydrogens (tertiary/aromatic N) is 1. The van der Waals surface area contributed by atoms with E-state index in [0.717, 1.165) is 11.8 Å². The zero-order valence-electron chi connectivity index (χ0n) is 13.9. The van der Waals surface area contributed by atoms with Gasteiger partial charge in [-0.15, -0.1) is 0 Å².